The molecule has 0 atom stereocenters. The minimum absolute atomic E-state index is 0.563. The number of fused-ring (bicyclic) bond motifs is 1. The van der Waals surface area contributed by atoms with E-state index >= 15 is 0 Å². The zero-order valence-corrected chi connectivity index (χ0v) is 13.1. The van der Waals surface area contributed by atoms with Crippen LogP contribution >= 0.6 is 0 Å². The molecule has 0 saturated heterocycles. The van der Waals surface area contributed by atoms with Gasteiger partial charge in [-0.2, -0.15) is 0 Å². The zero-order valence-electron chi connectivity index (χ0n) is 13.1. The molecule has 0 spiro atoms. The van der Waals surface area contributed by atoms with Crippen molar-refractivity contribution in [3.05, 3.63) is 48.0 Å². The predicted octanol–water partition coefficient (Wildman–Crippen LogP) is 2.92. The average Bonchev–Trinajstić information content (AvgIpc) is 3.32. The van der Waals surface area contributed by atoms with Crippen LogP contribution in [-0.2, 0) is 17.9 Å². The third-order valence-electron chi connectivity index (χ3n) is 4.06. The molecule has 1 aliphatic rings. The lowest BCUT2D eigenvalue weighted by molar-refractivity contribution is 0.185. The molecule has 0 unspecified atom stereocenters. The predicted molar refractivity (Wildman–Crippen MR) is 88.1 cm³/mol. The lowest BCUT2D eigenvalue weighted by Crippen LogP contribution is -2.04. The van der Waals surface area contributed by atoms with Gasteiger partial charge in [0, 0.05) is 19.7 Å². The molecule has 6 nitrogen and oxygen atoms in total. The second kappa shape index (κ2) is 5.96. The van der Waals surface area contributed by atoms with Gasteiger partial charge in [-0.25, -0.2) is 15.0 Å². The van der Waals surface area contributed by atoms with Gasteiger partial charge in [0.25, 0.3) is 0 Å². The number of hydrogen-bond acceptors (Lipinski definition) is 5. The van der Waals surface area contributed by atoms with Crippen molar-refractivity contribution >= 4 is 17.0 Å². The second-order valence-electron chi connectivity index (χ2n) is 5.88. The number of anilines is 1. The van der Waals surface area contributed by atoms with Gasteiger partial charge in [-0.15, -0.1) is 0 Å². The second-order valence-corrected chi connectivity index (χ2v) is 5.88. The van der Waals surface area contributed by atoms with Crippen molar-refractivity contribution in [3.63, 3.8) is 0 Å². The summed E-state index contributed by atoms with van der Waals surface area (Å²) in [7, 11) is 1.71. The Morgan fingerprint density at radius 3 is 2.91 bits per heavy atom. The van der Waals surface area contributed by atoms with Crippen LogP contribution in [0.15, 0.2) is 36.9 Å². The minimum atomic E-state index is 0.563. The van der Waals surface area contributed by atoms with Crippen LogP contribution in [0, 0.1) is 0 Å². The van der Waals surface area contributed by atoms with Crippen molar-refractivity contribution in [1.82, 2.24) is 19.5 Å². The van der Waals surface area contributed by atoms with Crippen LogP contribution in [0.3, 0.4) is 0 Å². The molecule has 3 aromatic rings. The van der Waals surface area contributed by atoms with E-state index in [1.807, 2.05) is 12.4 Å². The number of benzene rings is 1. The quantitative estimate of drug-likeness (QED) is 0.758. The Bertz CT molecular complexity index is 825. The molecule has 0 bridgehead atoms. The summed E-state index contributed by atoms with van der Waals surface area (Å²) in [5, 5.41) is 3.38. The Morgan fingerprint density at radius 1 is 1.22 bits per heavy atom. The summed E-state index contributed by atoms with van der Waals surface area (Å²) < 4.78 is 7.33. The maximum absolute atomic E-state index is 5.18. The Morgan fingerprint density at radius 2 is 2.09 bits per heavy atom. The molecular weight excluding hydrogens is 290 g/mol. The summed E-state index contributed by atoms with van der Waals surface area (Å²) in [6, 6.07) is 8.90. The van der Waals surface area contributed by atoms with E-state index in [9.17, 15) is 0 Å². The van der Waals surface area contributed by atoms with Gasteiger partial charge in [-0.05, 0) is 24.0 Å². The van der Waals surface area contributed by atoms with Crippen LogP contribution in [-0.4, -0.2) is 26.6 Å². The molecule has 4 rings (SSSR count). The molecule has 118 valence electrons. The van der Waals surface area contributed by atoms with Crippen molar-refractivity contribution < 1.29 is 4.74 Å². The third-order valence-corrected chi connectivity index (χ3v) is 4.06. The molecule has 1 fully saturated rings. The largest absolute Gasteiger partial charge is 0.380 e. The van der Waals surface area contributed by atoms with E-state index in [0.717, 1.165) is 22.5 Å². The summed E-state index contributed by atoms with van der Waals surface area (Å²) in [4.78, 5) is 13.2. The number of methoxy groups -OCH3 is 1. The van der Waals surface area contributed by atoms with Crippen LogP contribution in [0.2, 0.25) is 0 Å². The molecule has 1 N–H and O–H groups in total. The third kappa shape index (κ3) is 2.90. The van der Waals surface area contributed by atoms with Crippen LogP contribution in [0.4, 0.5) is 5.82 Å². The van der Waals surface area contributed by atoms with Gasteiger partial charge in [0.2, 0.25) is 0 Å². The fourth-order valence-corrected chi connectivity index (χ4v) is 2.78. The molecule has 0 aliphatic heterocycles. The number of nitrogens with one attached hydrogen (secondary N) is 1. The van der Waals surface area contributed by atoms with E-state index in [0.29, 0.717) is 19.2 Å². The molecule has 1 saturated carbocycles. The van der Waals surface area contributed by atoms with Crippen LogP contribution in [0.5, 0.6) is 0 Å². The van der Waals surface area contributed by atoms with Gasteiger partial charge in [0.1, 0.15) is 11.8 Å². The Labute approximate surface area is 134 Å². The molecule has 1 aromatic carbocycles. The number of rotatable bonds is 6. The first-order chi connectivity index (χ1) is 11.3. The normalized spacial score (nSPS) is 14.3. The van der Waals surface area contributed by atoms with Crippen LogP contribution < -0.4 is 5.32 Å². The van der Waals surface area contributed by atoms with E-state index in [2.05, 4.69) is 43.0 Å². The summed E-state index contributed by atoms with van der Waals surface area (Å²) in [5.41, 5.74) is 4.11. The summed E-state index contributed by atoms with van der Waals surface area (Å²) >= 11 is 0. The molecule has 1 aliphatic carbocycles. The summed E-state index contributed by atoms with van der Waals surface area (Å²) in [6.45, 7) is 1.32. The van der Waals surface area contributed by atoms with Gasteiger partial charge >= 0.3 is 0 Å². The maximum atomic E-state index is 5.18. The number of ether oxygens (including phenoxy) is 1. The van der Waals surface area contributed by atoms with Gasteiger partial charge in [0.15, 0.2) is 11.5 Å². The molecule has 2 aromatic heterocycles. The Kier molecular flexibility index (Phi) is 3.67. The number of aromatic nitrogens is 4. The topological polar surface area (TPSA) is 64.9 Å². The minimum Gasteiger partial charge on any atom is -0.380 e. The molecule has 2 heterocycles. The van der Waals surface area contributed by atoms with Gasteiger partial charge in [0.05, 0.1) is 12.9 Å². The Hall–Kier alpha value is -2.47. The molecular formula is C17H19N5O. The summed E-state index contributed by atoms with van der Waals surface area (Å²) in [6.07, 6.45) is 5.91. The highest BCUT2D eigenvalue weighted by atomic mass is 16.5. The molecule has 23 heavy (non-hydrogen) atoms. The fraction of sp³-hybridized carbons (Fsp3) is 0.353. The Balaban J connectivity index is 1.55. The first-order valence-corrected chi connectivity index (χ1v) is 7.83. The van der Waals surface area contributed by atoms with E-state index in [1.54, 1.807) is 13.4 Å². The monoisotopic (exact) mass is 309 g/mol. The highest BCUT2D eigenvalue weighted by Crippen LogP contribution is 2.37. The smallest absolute Gasteiger partial charge is 0.165 e. The SMILES string of the molecule is COCc1cccc(CNc2ncnc3c2ncn3C2CC2)c1. The highest BCUT2D eigenvalue weighted by Gasteiger charge is 2.26. The number of nitrogens with zero attached hydrogens (tertiary/aromatic N) is 4. The van der Waals surface area contributed by atoms with Crippen molar-refractivity contribution in [2.45, 2.75) is 32.0 Å². The maximum Gasteiger partial charge on any atom is 0.165 e. The lowest BCUT2D eigenvalue weighted by atomic mass is 10.1. The lowest BCUT2D eigenvalue weighted by Gasteiger charge is -2.08. The first-order valence-electron chi connectivity index (χ1n) is 7.83. The average molecular weight is 309 g/mol. The van der Waals surface area contributed by atoms with E-state index in [4.69, 9.17) is 4.74 Å². The molecule has 0 amide bonds. The molecule has 0 radical (unpaired) electrons. The summed E-state index contributed by atoms with van der Waals surface area (Å²) in [5.74, 6) is 0.784. The van der Waals surface area contributed by atoms with Crippen molar-refractivity contribution in [2.75, 3.05) is 12.4 Å². The van der Waals surface area contributed by atoms with E-state index in [-0.39, 0.29) is 0 Å². The van der Waals surface area contributed by atoms with Gasteiger partial charge in [-0.1, -0.05) is 24.3 Å². The van der Waals surface area contributed by atoms with Gasteiger partial charge < -0.3 is 14.6 Å². The van der Waals surface area contributed by atoms with Crippen molar-refractivity contribution in [1.29, 1.82) is 0 Å². The number of imidazole rings is 1. The van der Waals surface area contributed by atoms with Gasteiger partial charge in [-0.3, -0.25) is 0 Å². The fourth-order valence-electron chi connectivity index (χ4n) is 2.78. The standard InChI is InChI=1S/C17H19N5O/c1-23-9-13-4-2-3-12(7-13)8-18-16-15-17(20-10-19-16)22(11-21-15)14-5-6-14/h2-4,7,10-11,14H,5-6,8-9H2,1H3,(H,18,19,20). The van der Waals surface area contributed by atoms with Crippen LogP contribution in [0.25, 0.3) is 11.2 Å². The highest BCUT2D eigenvalue weighted by molar-refractivity contribution is 5.82. The van der Waals surface area contributed by atoms with E-state index < -0.39 is 0 Å². The number of hydrogen-bond donors (Lipinski definition) is 1. The van der Waals surface area contributed by atoms with Crippen molar-refractivity contribution in [3.8, 4) is 0 Å². The van der Waals surface area contributed by atoms with E-state index in [1.165, 1.54) is 18.4 Å². The van der Waals surface area contributed by atoms with Crippen LogP contribution in [0.1, 0.15) is 30.0 Å². The zero-order chi connectivity index (χ0) is 15.6. The molecule has 6 heteroatoms. The first kappa shape index (κ1) is 14.1. The van der Waals surface area contributed by atoms with Crippen molar-refractivity contribution in [2.24, 2.45) is 0 Å².